The Morgan fingerprint density at radius 2 is 1.96 bits per heavy atom. The topological polar surface area (TPSA) is 85.4 Å². The Kier molecular flexibility index (Phi) is 8.79. The summed E-state index contributed by atoms with van der Waals surface area (Å²) in [5.41, 5.74) is 0. The lowest BCUT2D eigenvalue weighted by atomic mass is 9.85. The van der Waals surface area contributed by atoms with Crippen LogP contribution in [0.15, 0.2) is 0 Å². The number of piperazine rings is 1. The normalized spacial score (nSPS) is 26.1. The molecule has 1 aliphatic carbocycles. The molecule has 1 saturated carbocycles. The summed E-state index contributed by atoms with van der Waals surface area (Å²) in [7, 11) is 0. The number of hydrogen-bond donors (Lipinski definition) is 2. The van der Waals surface area contributed by atoms with Crippen LogP contribution in [-0.2, 0) is 9.53 Å². The summed E-state index contributed by atoms with van der Waals surface area (Å²) in [6, 6.07) is 0.810. The summed E-state index contributed by atoms with van der Waals surface area (Å²) in [4.78, 5) is 29.8. The van der Waals surface area contributed by atoms with E-state index in [4.69, 9.17) is 9.84 Å². The van der Waals surface area contributed by atoms with Crippen LogP contribution >= 0.6 is 0 Å². The molecule has 0 aromatic carbocycles. The third kappa shape index (κ3) is 6.33. The smallest absolute Gasteiger partial charge is 0.317 e. The average molecular weight is 385 g/mol. The van der Waals surface area contributed by atoms with Gasteiger partial charge in [-0.15, -0.1) is 0 Å². The number of carboxylic acid groups (broad SMARTS) is 1. The lowest BCUT2D eigenvalue weighted by Crippen LogP contribution is -2.60. The molecule has 156 valence electrons. The van der Waals surface area contributed by atoms with Gasteiger partial charge in [-0.05, 0) is 32.7 Å². The second-order valence-electron chi connectivity index (χ2n) is 7.47. The molecule has 1 saturated heterocycles. The SMILES string of the molecule is CCOCCN1CCN(C(=O)NC2CC(N(CC)CC(=O)O)C2)CC1CC. The highest BCUT2D eigenvalue weighted by Gasteiger charge is 2.36. The lowest BCUT2D eigenvalue weighted by Gasteiger charge is -2.44. The second-order valence-corrected chi connectivity index (χ2v) is 7.47. The van der Waals surface area contributed by atoms with E-state index in [0.717, 1.165) is 65.2 Å². The number of carboxylic acids is 1. The van der Waals surface area contributed by atoms with E-state index in [1.165, 1.54) is 0 Å². The molecule has 8 nitrogen and oxygen atoms in total. The van der Waals surface area contributed by atoms with E-state index in [1.54, 1.807) is 0 Å². The maximum Gasteiger partial charge on any atom is 0.317 e. The third-order valence-corrected chi connectivity index (χ3v) is 5.79. The molecular weight excluding hydrogens is 348 g/mol. The van der Waals surface area contributed by atoms with Crippen molar-refractivity contribution in [2.24, 2.45) is 0 Å². The number of hydrogen-bond acceptors (Lipinski definition) is 5. The van der Waals surface area contributed by atoms with E-state index in [-0.39, 0.29) is 24.7 Å². The zero-order valence-corrected chi connectivity index (χ0v) is 17.0. The fraction of sp³-hybridized carbons (Fsp3) is 0.895. The summed E-state index contributed by atoms with van der Waals surface area (Å²) < 4.78 is 5.47. The third-order valence-electron chi connectivity index (χ3n) is 5.79. The van der Waals surface area contributed by atoms with Gasteiger partial charge < -0.3 is 20.1 Å². The number of nitrogens with zero attached hydrogens (tertiary/aromatic N) is 3. The molecule has 1 heterocycles. The monoisotopic (exact) mass is 384 g/mol. The van der Waals surface area contributed by atoms with Crippen LogP contribution in [0.2, 0.25) is 0 Å². The van der Waals surface area contributed by atoms with Crippen LogP contribution in [0, 0.1) is 0 Å². The number of ether oxygens (including phenoxy) is 1. The number of rotatable bonds is 10. The van der Waals surface area contributed by atoms with Crippen molar-refractivity contribution in [3.05, 3.63) is 0 Å². The molecule has 2 N–H and O–H groups in total. The first-order chi connectivity index (χ1) is 13.0. The van der Waals surface area contributed by atoms with E-state index >= 15 is 0 Å². The van der Waals surface area contributed by atoms with Crippen LogP contribution < -0.4 is 5.32 Å². The first-order valence-electron chi connectivity index (χ1n) is 10.3. The molecule has 0 spiro atoms. The number of aliphatic carboxylic acids is 1. The van der Waals surface area contributed by atoms with Crippen LogP contribution in [0.5, 0.6) is 0 Å². The van der Waals surface area contributed by atoms with E-state index in [0.29, 0.717) is 6.04 Å². The van der Waals surface area contributed by atoms with Gasteiger partial charge in [0.15, 0.2) is 0 Å². The van der Waals surface area contributed by atoms with Crippen molar-refractivity contribution in [1.82, 2.24) is 20.0 Å². The summed E-state index contributed by atoms with van der Waals surface area (Å²) >= 11 is 0. The lowest BCUT2D eigenvalue weighted by molar-refractivity contribution is -0.139. The minimum atomic E-state index is -0.794. The van der Waals surface area contributed by atoms with Gasteiger partial charge in [-0.1, -0.05) is 13.8 Å². The van der Waals surface area contributed by atoms with Gasteiger partial charge in [0.05, 0.1) is 13.2 Å². The van der Waals surface area contributed by atoms with Gasteiger partial charge in [0, 0.05) is 50.9 Å². The summed E-state index contributed by atoms with van der Waals surface area (Å²) in [6.07, 6.45) is 2.68. The molecule has 8 heteroatoms. The Hall–Kier alpha value is -1.38. The number of amides is 2. The molecule has 1 atom stereocenters. The predicted molar refractivity (Wildman–Crippen MR) is 104 cm³/mol. The van der Waals surface area contributed by atoms with Crippen molar-refractivity contribution in [3.8, 4) is 0 Å². The molecule has 0 radical (unpaired) electrons. The maximum atomic E-state index is 12.6. The van der Waals surface area contributed by atoms with E-state index in [9.17, 15) is 9.59 Å². The van der Waals surface area contributed by atoms with Gasteiger partial charge >= 0.3 is 12.0 Å². The average Bonchev–Trinajstić information content (AvgIpc) is 2.62. The van der Waals surface area contributed by atoms with Crippen LogP contribution in [0.4, 0.5) is 4.79 Å². The molecule has 2 fully saturated rings. The first-order valence-corrected chi connectivity index (χ1v) is 10.3. The Morgan fingerprint density at radius 1 is 1.22 bits per heavy atom. The molecular formula is C19H36N4O4. The Bertz CT molecular complexity index is 484. The van der Waals surface area contributed by atoms with Crippen molar-refractivity contribution in [2.75, 3.05) is 52.5 Å². The van der Waals surface area contributed by atoms with Crippen molar-refractivity contribution in [2.45, 2.75) is 58.2 Å². The number of carbonyl (C=O) groups is 2. The number of likely N-dealkylation sites (N-methyl/N-ethyl adjacent to an activating group) is 1. The van der Waals surface area contributed by atoms with E-state index in [1.807, 2.05) is 23.6 Å². The van der Waals surface area contributed by atoms with Crippen molar-refractivity contribution in [1.29, 1.82) is 0 Å². The zero-order chi connectivity index (χ0) is 19.8. The highest BCUT2D eigenvalue weighted by Crippen LogP contribution is 2.26. The molecule has 0 aromatic rings. The molecule has 2 rings (SSSR count). The molecule has 2 amide bonds. The number of urea groups is 1. The van der Waals surface area contributed by atoms with Crippen molar-refractivity contribution < 1.29 is 19.4 Å². The van der Waals surface area contributed by atoms with E-state index in [2.05, 4.69) is 17.1 Å². The van der Waals surface area contributed by atoms with Gasteiger partial charge in [0.2, 0.25) is 0 Å². The zero-order valence-electron chi connectivity index (χ0n) is 17.0. The van der Waals surface area contributed by atoms with Crippen LogP contribution in [0.1, 0.15) is 40.0 Å². The predicted octanol–water partition coefficient (Wildman–Crippen LogP) is 1.07. The minimum Gasteiger partial charge on any atom is -0.480 e. The van der Waals surface area contributed by atoms with Crippen molar-refractivity contribution >= 4 is 12.0 Å². The van der Waals surface area contributed by atoms with Gasteiger partial charge in [-0.3, -0.25) is 14.6 Å². The van der Waals surface area contributed by atoms with Gasteiger partial charge in [0.25, 0.3) is 0 Å². The molecule has 0 aromatic heterocycles. The largest absolute Gasteiger partial charge is 0.480 e. The summed E-state index contributed by atoms with van der Waals surface area (Å²) in [6.45, 7) is 11.7. The molecule has 1 unspecified atom stereocenters. The molecule has 0 bridgehead atoms. The highest BCUT2D eigenvalue weighted by molar-refractivity contribution is 5.75. The summed E-state index contributed by atoms with van der Waals surface area (Å²) in [5.74, 6) is -0.794. The number of nitrogens with one attached hydrogen (secondary N) is 1. The standard InChI is InChI=1S/C19H36N4O4/c1-4-16-13-23(8-7-22(16)9-10-27-6-3)19(26)20-15-11-17(12-15)21(5-2)14-18(24)25/h15-17H,4-14H2,1-3H3,(H,20,26)(H,24,25). The molecule has 1 aliphatic heterocycles. The fourth-order valence-corrected chi connectivity index (χ4v) is 4.03. The van der Waals surface area contributed by atoms with Crippen LogP contribution in [0.25, 0.3) is 0 Å². The number of carbonyl (C=O) groups excluding carboxylic acids is 1. The summed E-state index contributed by atoms with van der Waals surface area (Å²) in [5, 5.41) is 12.1. The maximum absolute atomic E-state index is 12.6. The van der Waals surface area contributed by atoms with Crippen LogP contribution in [0.3, 0.4) is 0 Å². The quantitative estimate of drug-likeness (QED) is 0.548. The fourth-order valence-electron chi connectivity index (χ4n) is 4.03. The Balaban J connectivity index is 1.73. The molecule has 27 heavy (non-hydrogen) atoms. The van der Waals surface area contributed by atoms with Crippen molar-refractivity contribution in [3.63, 3.8) is 0 Å². The Morgan fingerprint density at radius 3 is 2.56 bits per heavy atom. The Labute approximate surface area is 162 Å². The van der Waals surface area contributed by atoms with E-state index < -0.39 is 5.97 Å². The van der Waals surface area contributed by atoms with Gasteiger partial charge in [0.1, 0.15) is 0 Å². The highest BCUT2D eigenvalue weighted by atomic mass is 16.5. The minimum absolute atomic E-state index is 0.0163. The second kappa shape index (κ2) is 10.8. The van der Waals surface area contributed by atoms with Gasteiger partial charge in [-0.2, -0.15) is 0 Å². The van der Waals surface area contributed by atoms with Gasteiger partial charge in [-0.25, -0.2) is 4.79 Å². The molecule has 2 aliphatic rings. The first kappa shape index (κ1) is 21.9. The van der Waals surface area contributed by atoms with Crippen LogP contribution in [-0.4, -0.2) is 102 Å².